The first-order valence-electron chi connectivity index (χ1n) is 17.4. The summed E-state index contributed by atoms with van der Waals surface area (Å²) in [6.07, 6.45) is 5.23. The molecule has 1 fully saturated rings. The smallest absolute Gasteiger partial charge is 0.255 e. The normalized spacial score (nSPS) is 21.0. The van der Waals surface area contributed by atoms with Gasteiger partial charge in [0.15, 0.2) is 0 Å². The monoisotopic (exact) mass is 696 g/mol. The second-order valence-corrected chi connectivity index (χ2v) is 13.5. The fraction of sp³-hybridized carbons (Fsp3) is 0.444. The fourth-order valence-electron chi connectivity index (χ4n) is 6.56. The van der Waals surface area contributed by atoms with Gasteiger partial charge in [-0.2, -0.15) is 0 Å². The number of likely N-dealkylation sites (N-methyl/N-ethyl adjacent to an activating group) is 1. The van der Waals surface area contributed by atoms with Gasteiger partial charge >= 0.3 is 0 Å². The molecule has 4 amide bonds. The van der Waals surface area contributed by atoms with Gasteiger partial charge in [-0.05, 0) is 42.9 Å². The van der Waals surface area contributed by atoms with Gasteiger partial charge in [0.2, 0.25) is 17.7 Å². The molecule has 0 aliphatic carbocycles. The van der Waals surface area contributed by atoms with Gasteiger partial charge in [-0.1, -0.05) is 66.7 Å². The standard InChI is InChI=1S/C36H44N10O5/c1-24(2)18-29-35(49)46-16-9-13-30(46)36(50)43(3)31(19-25-10-5-4-6-11-25)34(48)37-15-17-44-20-26(39-41-44)21-45-22-27(40-42-45)23-51-32-14-8-7-12-28(32)33(47)38-29/h4-8,10-12,14,20,22,24,29-31H,9,13,15-19,21,23H2,1-3H3,(H,37,48)(H,38,47)/t29-,30-,31+/m1/s1. The van der Waals surface area contributed by atoms with Crippen LogP contribution in [0.15, 0.2) is 67.0 Å². The molecule has 2 aliphatic heterocycles. The molecule has 51 heavy (non-hydrogen) atoms. The number of fused-ring (bicyclic) bond motifs is 6. The lowest BCUT2D eigenvalue weighted by molar-refractivity contribution is -0.147. The number of benzene rings is 2. The number of aromatic nitrogens is 6. The van der Waals surface area contributed by atoms with E-state index in [-0.39, 0.29) is 48.8 Å². The maximum Gasteiger partial charge on any atom is 0.255 e. The third-order valence-electron chi connectivity index (χ3n) is 9.16. The highest BCUT2D eigenvalue weighted by Gasteiger charge is 2.41. The Labute approximate surface area is 296 Å². The second-order valence-electron chi connectivity index (χ2n) is 13.5. The molecule has 15 nitrogen and oxygen atoms in total. The average Bonchev–Trinajstić information content (AvgIpc) is 3.90. The number of nitrogens with one attached hydrogen (secondary N) is 2. The van der Waals surface area contributed by atoms with Gasteiger partial charge in [0.05, 0.1) is 31.0 Å². The van der Waals surface area contributed by atoms with Crippen molar-refractivity contribution in [1.82, 2.24) is 50.4 Å². The Bertz CT molecular complexity index is 1840. The molecule has 3 atom stereocenters. The predicted octanol–water partition coefficient (Wildman–Crippen LogP) is 1.83. The molecule has 2 aromatic carbocycles. The van der Waals surface area contributed by atoms with Gasteiger partial charge in [0, 0.05) is 26.6 Å². The summed E-state index contributed by atoms with van der Waals surface area (Å²) >= 11 is 0. The fourth-order valence-corrected chi connectivity index (χ4v) is 6.56. The third kappa shape index (κ3) is 8.59. The minimum atomic E-state index is -0.881. The number of rotatable bonds is 4. The zero-order valence-corrected chi connectivity index (χ0v) is 29.1. The first-order valence-corrected chi connectivity index (χ1v) is 17.4. The van der Waals surface area contributed by atoms with Crippen LogP contribution in [0.1, 0.15) is 60.4 Å². The molecule has 0 unspecified atom stereocenters. The van der Waals surface area contributed by atoms with Crippen LogP contribution < -0.4 is 15.4 Å². The first kappa shape index (κ1) is 35.2. The third-order valence-corrected chi connectivity index (χ3v) is 9.16. The molecule has 4 bridgehead atoms. The molecule has 15 heteroatoms. The lowest BCUT2D eigenvalue weighted by Crippen LogP contribution is -2.57. The Morgan fingerprint density at radius 1 is 0.882 bits per heavy atom. The van der Waals surface area contributed by atoms with Gasteiger partial charge in [0.25, 0.3) is 5.91 Å². The number of ether oxygens (including phenoxy) is 1. The number of hydrogen-bond donors (Lipinski definition) is 2. The summed E-state index contributed by atoms with van der Waals surface area (Å²) in [5, 5.41) is 22.7. The summed E-state index contributed by atoms with van der Waals surface area (Å²) in [6, 6.07) is 13.8. The molecule has 2 aliphatic rings. The van der Waals surface area contributed by atoms with Crippen LogP contribution in [0, 0.1) is 5.92 Å². The Kier molecular flexibility index (Phi) is 11.0. The van der Waals surface area contributed by atoms with Gasteiger partial charge in [0.1, 0.15) is 41.9 Å². The van der Waals surface area contributed by atoms with Crippen molar-refractivity contribution in [2.75, 3.05) is 20.1 Å². The molecular formula is C36H44N10O5. The van der Waals surface area contributed by atoms with Crippen LogP contribution in [0.4, 0.5) is 0 Å². The van der Waals surface area contributed by atoms with Gasteiger partial charge in [-0.15, -0.1) is 10.2 Å². The lowest BCUT2D eigenvalue weighted by atomic mass is 10.0. The molecule has 268 valence electrons. The van der Waals surface area contributed by atoms with Gasteiger partial charge in [-0.25, -0.2) is 4.68 Å². The number of amides is 4. The summed E-state index contributed by atoms with van der Waals surface area (Å²) in [5.74, 6) is -1.04. The lowest BCUT2D eigenvalue weighted by Gasteiger charge is -2.34. The highest BCUT2D eigenvalue weighted by atomic mass is 16.5. The van der Waals surface area contributed by atoms with Crippen molar-refractivity contribution in [3.63, 3.8) is 0 Å². The Morgan fingerprint density at radius 2 is 1.61 bits per heavy atom. The Balaban J connectivity index is 1.31. The van der Waals surface area contributed by atoms with Crippen molar-refractivity contribution in [2.45, 2.75) is 77.4 Å². The van der Waals surface area contributed by atoms with E-state index < -0.39 is 24.0 Å². The Morgan fingerprint density at radius 3 is 2.41 bits per heavy atom. The number of para-hydroxylation sites is 1. The van der Waals surface area contributed by atoms with E-state index in [4.69, 9.17) is 4.74 Å². The summed E-state index contributed by atoms with van der Waals surface area (Å²) in [7, 11) is 1.62. The molecule has 4 heterocycles. The van der Waals surface area contributed by atoms with Crippen LogP contribution in [0.25, 0.3) is 0 Å². The van der Waals surface area contributed by atoms with Gasteiger partial charge in [-0.3, -0.25) is 23.9 Å². The van der Waals surface area contributed by atoms with E-state index in [0.717, 1.165) is 5.56 Å². The second kappa shape index (κ2) is 16.0. The molecule has 0 spiro atoms. The van der Waals surface area contributed by atoms with Crippen LogP contribution in [0.5, 0.6) is 5.75 Å². The zero-order chi connectivity index (χ0) is 35.9. The predicted molar refractivity (Wildman–Crippen MR) is 185 cm³/mol. The SMILES string of the molecule is CC(C)C[C@H]1NC(=O)c2ccccc2OCc2cn(nn2)Cc2cn(nn2)CCNC(=O)[C@H](Cc2ccccc2)N(C)C(=O)[C@H]2CCCN2C1=O. The van der Waals surface area contributed by atoms with E-state index in [1.165, 1.54) is 4.90 Å². The largest absolute Gasteiger partial charge is 0.486 e. The molecule has 6 rings (SSSR count). The minimum Gasteiger partial charge on any atom is -0.486 e. The molecule has 0 saturated carbocycles. The molecule has 1 saturated heterocycles. The number of hydrogen-bond acceptors (Lipinski definition) is 9. The summed E-state index contributed by atoms with van der Waals surface area (Å²) in [6.45, 7) is 5.30. The summed E-state index contributed by atoms with van der Waals surface area (Å²) in [5.41, 5.74) is 2.35. The van der Waals surface area contributed by atoms with Crippen molar-refractivity contribution in [1.29, 1.82) is 0 Å². The van der Waals surface area contributed by atoms with E-state index >= 15 is 0 Å². The van der Waals surface area contributed by atoms with Crippen molar-refractivity contribution in [3.05, 3.63) is 89.5 Å². The molecule has 2 aromatic heterocycles. The number of carbonyl (C=O) groups is 4. The van der Waals surface area contributed by atoms with Crippen LogP contribution >= 0.6 is 0 Å². The first-order chi connectivity index (χ1) is 24.7. The maximum absolute atomic E-state index is 14.2. The molecular weight excluding hydrogens is 652 g/mol. The summed E-state index contributed by atoms with van der Waals surface area (Å²) in [4.78, 5) is 59.0. The van der Waals surface area contributed by atoms with Crippen molar-refractivity contribution < 1.29 is 23.9 Å². The highest BCUT2D eigenvalue weighted by molar-refractivity contribution is 6.00. The molecule has 2 N–H and O–H groups in total. The van der Waals surface area contributed by atoms with Crippen LogP contribution in [0.2, 0.25) is 0 Å². The average molecular weight is 697 g/mol. The quantitative estimate of drug-likeness (QED) is 0.323. The van der Waals surface area contributed by atoms with E-state index in [1.807, 2.05) is 44.2 Å². The van der Waals surface area contributed by atoms with E-state index in [2.05, 4.69) is 31.3 Å². The molecule has 0 radical (unpaired) electrons. The van der Waals surface area contributed by atoms with Crippen molar-refractivity contribution in [3.8, 4) is 5.75 Å². The van der Waals surface area contributed by atoms with E-state index in [9.17, 15) is 19.2 Å². The number of carbonyl (C=O) groups excluding carboxylic acids is 4. The molecule has 4 aromatic rings. The Hall–Kier alpha value is -5.60. The van der Waals surface area contributed by atoms with E-state index in [0.29, 0.717) is 56.0 Å². The van der Waals surface area contributed by atoms with Gasteiger partial charge < -0.3 is 25.2 Å². The van der Waals surface area contributed by atoms with Crippen LogP contribution in [-0.4, -0.2) is 102 Å². The zero-order valence-electron chi connectivity index (χ0n) is 29.1. The van der Waals surface area contributed by atoms with E-state index in [1.54, 1.807) is 58.0 Å². The van der Waals surface area contributed by atoms with Crippen LogP contribution in [-0.2, 0) is 40.5 Å². The summed E-state index contributed by atoms with van der Waals surface area (Å²) < 4.78 is 9.28. The van der Waals surface area contributed by atoms with Crippen molar-refractivity contribution in [2.24, 2.45) is 5.92 Å². The topological polar surface area (TPSA) is 169 Å². The van der Waals surface area contributed by atoms with Crippen LogP contribution in [0.3, 0.4) is 0 Å². The minimum absolute atomic E-state index is 0.0569. The van der Waals surface area contributed by atoms with Crippen molar-refractivity contribution >= 4 is 23.6 Å². The maximum atomic E-state index is 14.2. The highest BCUT2D eigenvalue weighted by Crippen LogP contribution is 2.25. The number of nitrogens with zero attached hydrogens (tertiary/aromatic N) is 8.